The van der Waals surface area contributed by atoms with E-state index in [1.807, 2.05) is 12.1 Å². The Bertz CT molecular complexity index is 744. The Morgan fingerprint density at radius 2 is 1.96 bits per heavy atom. The van der Waals surface area contributed by atoms with Crippen molar-refractivity contribution in [2.75, 3.05) is 25.2 Å². The van der Waals surface area contributed by atoms with Gasteiger partial charge in [-0.1, -0.05) is 37.3 Å². The first kappa shape index (κ1) is 19.4. The van der Waals surface area contributed by atoms with Crippen molar-refractivity contribution >= 4 is 40.0 Å². The molecule has 1 N–H and O–H groups in total. The first-order valence-electron chi connectivity index (χ1n) is 7.92. The van der Waals surface area contributed by atoms with E-state index < -0.39 is 0 Å². The molecule has 0 atom stereocenters. The molecule has 1 aromatic heterocycles. The zero-order chi connectivity index (χ0) is 18.4. The fourth-order valence-corrected chi connectivity index (χ4v) is 3.92. The largest absolute Gasteiger partial charge is 0.348 e. The van der Waals surface area contributed by atoms with Crippen molar-refractivity contribution in [3.63, 3.8) is 0 Å². The first-order valence-corrected chi connectivity index (χ1v) is 9.72. The molecule has 0 fully saturated rings. The van der Waals surface area contributed by atoms with Gasteiger partial charge in [-0.3, -0.25) is 14.9 Å². The van der Waals surface area contributed by atoms with Crippen molar-refractivity contribution in [1.29, 1.82) is 0 Å². The highest BCUT2D eigenvalue weighted by molar-refractivity contribution is 8.00. The number of benzene rings is 1. The smallest absolute Gasteiger partial charge is 0.258 e. The lowest BCUT2D eigenvalue weighted by molar-refractivity contribution is -0.125. The van der Waals surface area contributed by atoms with Crippen molar-refractivity contribution in [1.82, 2.24) is 15.1 Å². The molecule has 0 aliphatic rings. The van der Waals surface area contributed by atoms with Gasteiger partial charge in [0.05, 0.1) is 11.3 Å². The van der Waals surface area contributed by atoms with Crippen LogP contribution < -0.4 is 5.32 Å². The second-order valence-electron chi connectivity index (χ2n) is 6.13. The Morgan fingerprint density at radius 1 is 1.24 bits per heavy atom. The molecule has 0 unspecified atom stereocenters. The van der Waals surface area contributed by atoms with Crippen LogP contribution in [-0.4, -0.2) is 46.8 Å². The highest BCUT2D eigenvalue weighted by atomic mass is 32.2. The molecule has 134 valence electrons. The van der Waals surface area contributed by atoms with Crippen molar-refractivity contribution in [3.8, 4) is 0 Å². The van der Waals surface area contributed by atoms with Gasteiger partial charge in [0.2, 0.25) is 11.0 Å². The van der Waals surface area contributed by atoms with Gasteiger partial charge in [0.1, 0.15) is 5.01 Å². The summed E-state index contributed by atoms with van der Waals surface area (Å²) in [5.74, 6) is 0.535. The number of carbonyl (C=O) groups is 2. The Balaban J connectivity index is 2.06. The van der Waals surface area contributed by atoms with E-state index in [1.54, 1.807) is 26.2 Å². The number of hydrogen-bond acceptors (Lipinski definition) is 6. The molecule has 0 radical (unpaired) electrons. The van der Waals surface area contributed by atoms with E-state index >= 15 is 0 Å². The van der Waals surface area contributed by atoms with Gasteiger partial charge in [0.15, 0.2) is 0 Å². The zero-order valence-corrected chi connectivity index (χ0v) is 16.4. The highest BCUT2D eigenvalue weighted by Crippen LogP contribution is 2.25. The van der Waals surface area contributed by atoms with Gasteiger partial charge in [0.25, 0.3) is 5.91 Å². The standard InChI is InChI=1S/C17H22N4O2S2/c1-11(2)9-14-19-20-17(25-14)18-16(23)12-7-5-6-8-13(12)24-10-15(22)21(3)4/h5-8,11H,9-10H2,1-4H3,(H,18,20,23). The monoisotopic (exact) mass is 378 g/mol. The molecule has 0 spiro atoms. The Morgan fingerprint density at radius 3 is 2.64 bits per heavy atom. The molecular formula is C17H22N4O2S2. The second kappa shape index (κ2) is 8.96. The summed E-state index contributed by atoms with van der Waals surface area (Å²) in [5.41, 5.74) is 0.527. The molecule has 2 rings (SSSR count). The van der Waals surface area contributed by atoms with Crippen LogP contribution in [0.3, 0.4) is 0 Å². The van der Waals surface area contributed by atoms with E-state index in [-0.39, 0.29) is 17.6 Å². The fourth-order valence-electron chi connectivity index (χ4n) is 1.95. The van der Waals surface area contributed by atoms with E-state index in [0.717, 1.165) is 16.3 Å². The Kier molecular flexibility index (Phi) is 6.95. The van der Waals surface area contributed by atoms with Gasteiger partial charge in [-0.2, -0.15) is 0 Å². The third-order valence-corrected chi connectivity index (χ3v) is 5.17. The molecule has 0 saturated carbocycles. The van der Waals surface area contributed by atoms with Gasteiger partial charge in [-0.15, -0.1) is 22.0 Å². The van der Waals surface area contributed by atoms with Crippen LogP contribution in [0.2, 0.25) is 0 Å². The van der Waals surface area contributed by atoms with Crippen LogP contribution in [0.5, 0.6) is 0 Å². The third-order valence-electron chi connectivity index (χ3n) is 3.25. The summed E-state index contributed by atoms with van der Waals surface area (Å²) < 4.78 is 0. The highest BCUT2D eigenvalue weighted by Gasteiger charge is 2.15. The lowest BCUT2D eigenvalue weighted by atomic mass is 10.1. The minimum absolute atomic E-state index is 0.00246. The summed E-state index contributed by atoms with van der Waals surface area (Å²) in [6.07, 6.45) is 0.840. The number of hydrogen-bond donors (Lipinski definition) is 1. The van der Waals surface area contributed by atoms with Crippen LogP contribution >= 0.6 is 23.1 Å². The number of amides is 2. The SMILES string of the molecule is CC(C)Cc1nnc(NC(=O)c2ccccc2SCC(=O)N(C)C)s1. The van der Waals surface area contributed by atoms with E-state index in [2.05, 4.69) is 29.4 Å². The van der Waals surface area contributed by atoms with Gasteiger partial charge in [-0.25, -0.2) is 0 Å². The summed E-state index contributed by atoms with van der Waals surface area (Å²) in [6.45, 7) is 4.23. The maximum Gasteiger partial charge on any atom is 0.258 e. The predicted molar refractivity (Wildman–Crippen MR) is 102 cm³/mol. The van der Waals surface area contributed by atoms with Crippen LogP contribution in [0.25, 0.3) is 0 Å². The molecular weight excluding hydrogens is 356 g/mol. The molecule has 0 saturated heterocycles. The van der Waals surface area contributed by atoms with Gasteiger partial charge < -0.3 is 4.90 Å². The predicted octanol–water partition coefficient (Wildman–Crippen LogP) is 3.17. The summed E-state index contributed by atoms with van der Waals surface area (Å²) in [5, 5.41) is 12.3. The fraction of sp³-hybridized carbons (Fsp3) is 0.412. The summed E-state index contributed by atoms with van der Waals surface area (Å²) in [7, 11) is 3.43. The maximum absolute atomic E-state index is 12.6. The zero-order valence-electron chi connectivity index (χ0n) is 14.8. The number of anilines is 1. The molecule has 0 bridgehead atoms. The summed E-state index contributed by atoms with van der Waals surface area (Å²) in [4.78, 5) is 26.6. The molecule has 1 heterocycles. The number of rotatable bonds is 7. The Hall–Kier alpha value is -1.93. The molecule has 0 aliphatic carbocycles. The molecule has 2 aromatic rings. The molecule has 1 aromatic carbocycles. The number of thioether (sulfide) groups is 1. The molecule has 6 nitrogen and oxygen atoms in total. The van der Waals surface area contributed by atoms with Crippen molar-refractivity contribution in [2.24, 2.45) is 5.92 Å². The lowest BCUT2D eigenvalue weighted by Crippen LogP contribution is -2.23. The number of aromatic nitrogens is 2. The average Bonchev–Trinajstić information content (AvgIpc) is 2.98. The number of nitrogens with one attached hydrogen (secondary N) is 1. The van der Waals surface area contributed by atoms with Crippen LogP contribution in [-0.2, 0) is 11.2 Å². The molecule has 8 heteroatoms. The molecule has 0 aliphatic heterocycles. The van der Waals surface area contributed by atoms with E-state index in [1.165, 1.54) is 28.0 Å². The normalized spacial score (nSPS) is 10.8. The Labute approximate surface area is 156 Å². The summed E-state index contributed by atoms with van der Waals surface area (Å²) >= 11 is 2.74. The van der Waals surface area contributed by atoms with Crippen LogP contribution in [0, 0.1) is 5.92 Å². The number of carbonyl (C=O) groups excluding carboxylic acids is 2. The number of nitrogens with zero attached hydrogens (tertiary/aromatic N) is 3. The van der Waals surface area contributed by atoms with Crippen LogP contribution in [0.4, 0.5) is 5.13 Å². The van der Waals surface area contributed by atoms with Crippen molar-refractivity contribution < 1.29 is 9.59 Å². The van der Waals surface area contributed by atoms with Crippen molar-refractivity contribution in [3.05, 3.63) is 34.8 Å². The minimum Gasteiger partial charge on any atom is -0.348 e. The minimum atomic E-state index is -0.243. The third kappa shape index (κ3) is 5.82. The molecule has 2 amide bonds. The second-order valence-corrected chi connectivity index (χ2v) is 8.21. The van der Waals surface area contributed by atoms with Crippen LogP contribution in [0.1, 0.15) is 29.2 Å². The lowest BCUT2D eigenvalue weighted by Gasteiger charge is -2.11. The van der Waals surface area contributed by atoms with Gasteiger partial charge in [0, 0.05) is 25.4 Å². The summed E-state index contributed by atoms with van der Waals surface area (Å²) in [6, 6.07) is 7.24. The maximum atomic E-state index is 12.6. The quantitative estimate of drug-likeness (QED) is 0.749. The van der Waals surface area contributed by atoms with Crippen molar-refractivity contribution in [2.45, 2.75) is 25.2 Å². The first-order chi connectivity index (χ1) is 11.9. The van der Waals surface area contributed by atoms with Crippen LogP contribution in [0.15, 0.2) is 29.2 Å². The van der Waals surface area contributed by atoms with E-state index in [0.29, 0.717) is 16.6 Å². The topological polar surface area (TPSA) is 75.2 Å². The van der Waals surface area contributed by atoms with Gasteiger partial charge >= 0.3 is 0 Å². The van der Waals surface area contributed by atoms with E-state index in [9.17, 15) is 9.59 Å². The molecule has 25 heavy (non-hydrogen) atoms. The van der Waals surface area contributed by atoms with Gasteiger partial charge in [-0.05, 0) is 18.1 Å². The average molecular weight is 379 g/mol. The van der Waals surface area contributed by atoms with E-state index in [4.69, 9.17) is 0 Å².